The van der Waals surface area contributed by atoms with Gasteiger partial charge in [-0.15, -0.1) is 0 Å². The zero-order valence-corrected chi connectivity index (χ0v) is 5.83. The van der Waals surface area contributed by atoms with Crippen molar-refractivity contribution in [1.82, 2.24) is 0 Å². The fourth-order valence-electron chi connectivity index (χ4n) is 0. The number of carboxylic acid groups (broad SMARTS) is 1. The lowest BCUT2D eigenvalue weighted by Gasteiger charge is -1.85. The molecule has 5 N–H and O–H groups in total. The van der Waals surface area contributed by atoms with Crippen LogP contribution in [0.25, 0.3) is 0 Å². The van der Waals surface area contributed by atoms with Gasteiger partial charge in [0.25, 0.3) is 5.95 Å². The number of aliphatic hydroxyl groups is 2. The number of allylic oxidation sites excluding steroid dienone is 1. The SMILES string of the molecule is CC(C)=C(O)O.NC(=O)O. The van der Waals surface area contributed by atoms with Crippen molar-refractivity contribution in [2.75, 3.05) is 0 Å². The van der Waals surface area contributed by atoms with Crippen LogP contribution in [-0.2, 0) is 0 Å². The van der Waals surface area contributed by atoms with Crippen LogP contribution in [0.5, 0.6) is 0 Å². The van der Waals surface area contributed by atoms with Gasteiger partial charge in [-0.3, -0.25) is 0 Å². The molecule has 0 saturated heterocycles. The zero-order valence-electron chi connectivity index (χ0n) is 5.83. The van der Waals surface area contributed by atoms with Crippen LogP contribution in [0.2, 0.25) is 0 Å². The molecule has 0 atom stereocenters. The molecule has 1 amide bonds. The Balaban J connectivity index is 0. The topological polar surface area (TPSA) is 104 Å². The molecule has 0 saturated carbocycles. The van der Waals surface area contributed by atoms with Crippen LogP contribution in [0.15, 0.2) is 11.5 Å². The molecular formula is C5H11NO4. The Kier molecular flexibility index (Phi) is 6.55. The van der Waals surface area contributed by atoms with E-state index in [1.54, 1.807) is 13.8 Å². The Morgan fingerprint density at radius 3 is 1.30 bits per heavy atom. The minimum atomic E-state index is -1.33. The number of carbonyl (C=O) groups is 1. The molecule has 0 aliphatic rings. The molecule has 0 radical (unpaired) electrons. The number of hydrogen-bond donors (Lipinski definition) is 4. The summed E-state index contributed by atoms with van der Waals surface area (Å²) in [6.45, 7) is 3.24. The molecule has 0 aromatic rings. The molecule has 0 aromatic heterocycles. The molecule has 0 aliphatic heterocycles. The van der Waals surface area contributed by atoms with E-state index in [0.717, 1.165) is 0 Å². The van der Waals surface area contributed by atoms with Crippen molar-refractivity contribution in [3.05, 3.63) is 11.5 Å². The van der Waals surface area contributed by atoms with Crippen LogP contribution in [0.4, 0.5) is 4.79 Å². The maximum Gasteiger partial charge on any atom is 0.402 e. The van der Waals surface area contributed by atoms with Crippen molar-refractivity contribution in [1.29, 1.82) is 0 Å². The van der Waals surface area contributed by atoms with Crippen LogP contribution in [-0.4, -0.2) is 21.4 Å². The van der Waals surface area contributed by atoms with Gasteiger partial charge in [0.15, 0.2) is 0 Å². The van der Waals surface area contributed by atoms with E-state index in [9.17, 15) is 0 Å². The Morgan fingerprint density at radius 2 is 1.30 bits per heavy atom. The van der Waals surface area contributed by atoms with Crippen molar-refractivity contribution >= 4 is 6.09 Å². The molecule has 5 heteroatoms. The molecule has 0 heterocycles. The quantitative estimate of drug-likeness (QED) is 0.385. The van der Waals surface area contributed by atoms with Crippen molar-refractivity contribution < 1.29 is 20.1 Å². The van der Waals surface area contributed by atoms with E-state index in [2.05, 4.69) is 5.73 Å². The fraction of sp³-hybridized carbons (Fsp3) is 0.400. The average molecular weight is 149 g/mol. The maximum atomic E-state index is 8.78. The molecular weight excluding hydrogens is 138 g/mol. The maximum absolute atomic E-state index is 8.78. The van der Waals surface area contributed by atoms with E-state index in [1.165, 1.54) is 0 Å². The van der Waals surface area contributed by atoms with E-state index >= 15 is 0 Å². The third-order valence-electron chi connectivity index (χ3n) is 0.447. The number of primary amides is 1. The molecule has 0 fully saturated rings. The minimum absolute atomic E-state index is 0.537. The highest BCUT2D eigenvalue weighted by Gasteiger charge is 1.82. The summed E-state index contributed by atoms with van der Waals surface area (Å²) in [7, 11) is 0. The highest BCUT2D eigenvalue weighted by molar-refractivity contribution is 5.61. The number of aliphatic hydroxyl groups excluding tert-OH is 1. The van der Waals surface area contributed by atoms with Crippen LogP contribution >= 0.6 is 0 Å². The number of nitrogens with two attached hydrogens (primary N) is 1. The first-order valence-corrected chi connectivity index (χ1v) is 2.41. The Bertz CT molecular complexity index is 119. The standard InChI is InChI=1S/C4H8O2.CH3NO2/c1-3(2)4(5)6;2-1(3)4/h5-6H,1-2H3;2H2,(H,3,4). The third-order valence-corrected chi connectivity index (χ3v) is 0.447. The molecule has 0 unspecified atom stereocenters. The first-order valence-electron chi connectivity index (χ1n) is 2.41. The van der Waals surface area contributed by atoms with Gasteiger partial charge in [0.2, 0.25) is 0 Å². The molecule has 60 valence electrons. The summed E-state index contributed by atoms with van der Waals surface area (Å²) in [6.07, 6.45) is -1.33. The summed E-state index contributed by atoms with van der Waals surface area (Å²) in [5.74, 6) is -0.574. The van der Waals surface area contributed by atoms with Gasteiger partial charge in [-0.2, -0.15) is 0 Å². The van der Waals surface area contributed by atoms with E-state index < -0.39 is 12.0 Å². The van der Waals surface area contributed by atoms with Crippen molar-refractivity contribution in [3.63, 3.8) is 0 Å². The van der Waals surface area contributed by atoms with Gasteiger partial charge in [0.05, 0.1) is 0 Å². The van der Waals surface area contributed by atoms with Crippen molar-refractivity contribution in [2.24, 2.45) is 5.73 Å². The average Bonchev–Trinajstić information content (AvgIpc) is 1.63. The van der Waals surface area contributed by atoms with E-state index in [1.807, 2.05) is 0 Å². The molecule has 0 aromatic carbocycles. The molecule has 0 bridgehead atoms. The molecule has 0 rings (SSSR count). The first kappa shape index (κ1) is 11.4. The number of amides is 1. The molecule has 5 nitrogen and oxygen atoms in total. The molecule has 10 heavy (non-hydrogen) atoms. The summed E-state index contributed by atoms with van der Waals surface area (Å²) in [5, 5.41) is 23.3. The predicted molar refractivity (Wildman–Crippen MR) is 35.8 cm³/mol. The second kappa shape index (κ2) is 5.74. The van der Waals surface area contributed by atoms with Gasteiger partial charge in [0, 0.05) is 5.57 Å². The predicted octanol–water partition coefficient (Wildman–Crippen LogP) is 0.977. The van der Waals surface area contributed by atoms with E-state index in [0.29, 0.717) is 5.57 Å². The second-order valence-electron chi connectivity index (χ2n) is 1.66. The van der Waals surface area contributed by atoms with Gasteiger partial charge in [0.1, 0.15) is 0 Å². The molecule has 0 spiro atoms. The van der Waals surface area contributed by atoms with Gasteiger partial charge in [-0.25, -0.2) is 4.79 Å². The monoisotopic (exact) mass is 149 g/mol. The lowest BCUT2D eigenvalue weighted by atomic mass is 10.4. The molecule has 0 aliphatic carbocycles. The van der Waals surface area contributed by atoms with Gasteiger partial charge in [-0.1, -0.05) is 0 Å². The fourth-order valence-corrected chi connectivity index (χ4v) is 0. The minimum Gasteiger partial charge on any atom is -0.481 e. The van der Waals surface area contributed by atoms with E-state index in [4.69, 9.17) is 20.1 Å². The largest absolute Gasteiger partial charge is 0.481 e. The Morgan fingerprint density at radius 1 is 1.20 bits per heavy atom. The number of rotatable bonds is 0. The first-order chi connectivity index (χ1) is 4.37. The van der Waals surface area contributed by atoms with E-state index in [-0.39, 0.29) is 0 Å². The number of hydrogen-bond acceptors (Lipinski definition) is 3. The van der Waals surface area contributed by atoms with Gasteiger partial charge in [-0.05, 0) is 13.8 Å². The van der Waals surface area contributed by atoms with Gasteiger partial charge >= 0.3 is 6.09 Å². The Labute approximate surface area is 58.4 Å². The smallest absolute Gasteiger partial charge is 0.402 e. The summed E-state index contributed by atoms with van der Waals surface area (Å²) in [6, 6.07) is 0. The van der Waals surface area contributed by atoms with Gasteiger partial charge < -0.3 is 21.1 Å². The third kappa shape index (κ3) is 30.5. The summed E-state index contributed by atoms with van der Waals surface area (Å²) >= 11 is 0. The van der Waals surface area contributed by atoms with Crippen molar-refractivity contribution in [3.8, 4) is 0 Å². The Hall–Kier alpha value is -1.39. The van der Waals surface area contributed by atoms with Crippen LogP contribution in [0, 0.1) is 0 Å². The van der Waals surface area contributed by atoms with Crippen molar-refractivity contribution in [2.45, 2.75) is 13.8 Å². The summed E-state index contributed by atoms with van der Waals surface area (Å²) in [5.41, 5.74) is 4.56. The lowest BCUT2D eigenvalue weighted by molar-refractivity contribution is 0.185. The highest BCUT2D eigenvalue weighted by Crippen LogP contribution is 1.90. The summed E-state index contributed by atoms with van der Waals surface area (Å²) < 4.78 is 0. The normalized spacial score (nSPS) is 7.00. The lowest BCUT2D eigenvalue weighted by Crippen LogP contribution is -2.03. The van der Waals surface area contributed by atoms with Crippen LogP contribution < -0.4 is 5.73 Å². The second-order valence-corrected chi connectivity index (χ2v) is 1.66. The zero-order chi connectivity index (χ0) is 8.73. The highest BCUT2D eigenvalue weighted by atomic mass is 16.5. The summed E-state index contributed by atoms with van der Waals surface area (Å²) in [4.78, 5) is 8.78. The van der Waals surface area contributed by atoms with Crippen LogP contribution in [0.1, 0.15) is 13.8 Å². The van der Waals surface area contributed by atoms with Crippen LogP contribution in [0.3, 0.4) is 0 Å².